The average molecular weight is 615 g/mol. The van der Waals surface area contributed by atoms with Crippen molar-refractivity contribution in [3.05, 3.63) is 125 Å². The van der Waals surface area contributed by atoms with Crippen molar-refractivity contribution in [3.8, 4) is 17.0 Å². The fraction of sp³-hybridized carbons (Fsp3) is 0.216. The molecule has 4 heterocycles. The number of amides is 3. The molecular formula is C37H34N4O5. The summed E-state index contributed by atoms with van der Waals surface area (Å²) in [6.45, 7) is 3.11. The molecule has 0 saturated carbocycles. The second-order valence-electron chi connectivity index (χ2n) is 12.2. The number of hydrogen-bond donors (Lipinski definition) is 2. The van der Waals surface area contributed by atoms with E-state index in [4.69, 9.17) is 0 Å². The van der Waals surface area contributed by atoms with Crippen molar-refractivity contribution in [2.45, 2.75) is 38.9 Å². The number of aromatic nitrogens is 1. The van der Waals surface area contributed by atoms with Gasteiger partial charge in [-0.1, -0.05) is 30.3 Å². The lowest BCUT2D eigenvalue weighted by molar-refractivity contribution is 0.0658. The zero-order valence-electron chi connectivity index (χ0n) is 25.7. The third-order valence-corrected chi connectivity index (χ3v) is 9.34. The van der Waals surface area contributed by atoms with E-state index in [1.165, 1.54) is 15.4 Å². The first-order valence-electron chi connectivity index (χ1n) is 15.4. The summed E-state index contributed by atoms with van der Waals surface area (Å²) in [5, 5.41) is 19.5. The van der Waals surface area contributed by atoms with E-state index >= 15 is 0 Å². The Bertz CT molecular complexity index is 2010. The standard InChI is InChI=1S/C37H34N4O5/c1-23-17-24-7-3-4-8-26(24)22-41(23)36(44)31-19-27-21-39(37(45)46)16-14-25(27)18-30(31)34-20-32(33-9-5-6-15-40(33)34)35(43)38(2)28-10-12-29(42)13-11-28/h3-13,15,18-20,23,42H,14,16-17,21-22H2,1-2H3,(H,45,46)/t23-/m1/s1. The molecule has 3 amide bonds. The number of pyridine rings is 1. The van der Waals surface area contributed by atoms with Gasteiger partial charge in [-0.15, -0.1) is 0 Å². The predicted octanol–water partition coefficient (Wildman–Crippen LogP) is 6.21. The molecule has 3 aromatic carbocycles. The molecule has 2 aliphatic rings. The van der Waals surface area contributed by atoms with Crippen LogP contribution >= 0.6 is 0 Å². The first-order valence-corrected chi connectivity index (χ1v) is 15.4. The van der Waals surface area contributed by atoms with Crippen molar-refractivity contribution in [1.82, 2.24) is 14.2 Å². The molecule has 2 N–H and O–H groups in total. The van der Waals surface area contributed by atoms with E-state index in [1.54, 1.807) is 31.3 Å². The zero-order valence-corrected chi connectivity index (χ0v) is 25.7. The summed E-state index contributed by atoms with van der Waals surface area (Å²) in [6.07, 6.45) is 2.17. The Morgan fingerprint density at radius 2 is 1.57 bits per heavy atom. The number of fused-ring (bicyclic) bond motifs is 3. The van der Waals surface area contributed by atoms with E-state index in [1.807, 2.05) is 64.0 Å². The number of carbonyl (C=O) groups is 3. The van der Waals surface area contributed by atoms with Crippen LogP contribution in [0, 0.1) is 0 Å². The van der Waals surface area contributed by atoms with Gasteiger partial charge in [-0.25, -0.2) is 4.79 Å². The van der Waals surface area contributed by atoms with Crippen molar-refractivity contribution < 1.29 is 24.6 Å². The van der Waals surface area contributed by atoms with Crippen LogP contribution in [0.1, 0.15) is 49.9 Å². The van der Waals surface area contributed by atoms with Crippen molar-refractivity contribution in [2.75, 3.05) is 18.5 Å². The van der Waals surface area contributed by atoms with E-state index in [0.717, 1.165) is 23.1 Å². The van der Waals surface area contributed by atoms with Gasteiger partial charge in [0.1, 0.15) is 5.75 Å². The van der Waals surface area contributed by atoms with Crippen molar-refractivity contribution in [2.24, 2.45) is 0 Å². The van der Waals surface area contributed by atoms with E-state index in [-0.39, 0.29) is 30.2 Å². The van der Waals surface area contributed by atoms with Crippen molar-refractivity contribution >= 4 is 29.1 Å². The van der Waals surface area contributed by atoms with E-state index < -0.39 is 6.09 Å². The highest BCUT2D eigenvalue weighted by Gasteiger charge is 2.32. The highest BCUT2D eigenvalue weighted by Crippen LogP contribution is 2.36. The molecule has 0 aliphatic carbocycles. The van der Waals surface area contributed by atoms with Gasteiger partial charge in [-0.2, -0.15) is 0 Å². The fourth-order valence-electron chi connectivity index (χ4n) is 6.77. The van der Waals surface area contributed by atoms with Crippen LogP contribution in [0.25, 0.3) is 16.8 Å². The van der Waals surface area contributed by atoms with Crippen LogP contribution in [-0.2, 0) is 25.9 Å². The minimum absolute atomic E-state index is 0.0399. The second-order valence-corrected chi connectivity index (χ2v) is 12.2. The lowest BCUT2D eigenvalue weighted by atomic mass is 9.90. The minimum atomic E-state index is -0.984. The molecule has 0 unspecified atom stereocenters. The smallest absolute Gasteiger partial charge is 0.407 e. The predicted molar refractivity (Wildman–Crippen MR) is 175 cm³/mol. The SMILES string of the molecule is C[C@@H]1Cc2ccccc2CN1C(=O)c1cc2c(cc1-c1cc(C(=O)N(C)c3ccc(O)cc3)c3ccccn13)CCN(C(=O)O)C2. The van der Waals surface area contributed by atoms with Crippen LogP contribution in [0.5, 0.6) is 5.75 Å². The fourth-order valence-corrected chi connectivity index (χ4v) is 6.77. The van der Waals surface area contributed by atoms with Crippen LogP contribution < -0.4 is 4.90 Å². The normalized spacial score (nSPS) is 15.7. The van der Waals surface area contributed by atoms with Crippen LogP contribution in [0.2, 0.25) is 0 Å². The molecule has 9 heteroatoms. The number of carbonyl (C=O) groups excluding carboxylic acids is 2. The topological polar surface area (TPSA) is 106 Å². The van der Waals surface area contributed by atoms with Gasteiger partial charge in [0, 0.05) is 55.7 Å². The molecule has 0 bridgehead atoms. The Morgan fingerprint density at radius 3 is 2.33 bits per heavy atom. The van der Waals surface area contributed by atoms with Crippen LogP contribution in [-0.4, -0.2) is 62.0 Å². The highest BCUT2D eigenvalue weighted by molar-refractivity contribution is 6.12. The van der Waals surface area contributed by atoms with Gasteiger partial charge in [0.25, 0.3) is 11.8 Å². The van der Waals surface area contributed by atoms with Gasteiger partial charge in [0.15, 0.2) is 0 Å². The number of anilines is 1. The Balaban J connectivity index is 1.37. The maximum atomic E-state index is 14.6. The maximum Gasteiger partial charge on any atom is 0.407 e. The summed E-state index contributed by atoms with van der Waals surface area (Å²) in [5.74, 6) is -0.249. The summed E-state index contributed by atoms with van der Waals surface area (Å²) in [6, 6.07) is 26.0. The first kappa shape index (κ1) is 29.2. The third kappa shape index (κ3) is 5.03. The summed E-state index contributed by atoms with van der Waals surface area (Å²) < 4.78 is 1.94. The van der Waals surface area contributed by atoms with Crippen LogP contribution in [0.3, 0.4) is 0 Å². The van der Waals surface area contributed by atoms with Gasteiger partial charge in [-0.05, 0) is 96.6 Å². The Hall–Kier alpha value is -5.57. The molecule has 1 atom stereocenters. The summed E-state index contributed by atoms with van der Waals surface area (Å²) in [4.78, 5) is 45.2. The van der Waals surface area contributed by atoms with E-state index in [2.05, 4.69) is 19.1 Å². The second kappa shape index (κ2) is 11.4. The quantitative estimate of drug-likeness (QED) is 0.250. The van der Waals surface area contributed by atoms with Crippen LogP contribution in [0.15, 0.2) is 91.1 Å². The molecule has 232 valence electrons. The highest BCUT2D eigenvalue weighted by atomic mass is 16.4. The number of phenolic OH excluding ortho intramolecular Hbond substituents is 1. The molecule has 7 rings (SSSR count). The maximum absolute atomic E-state index is 14.6. The van der Waals surface area contributed by atoms with Gasteiger partial charge < -0.3 is 29.3 Å². The molecule has 0 radical (unpaired) electrons. The number of nitrogens with zero attached hydrogens (tertiary/aromatic N) is 4. The number of carboxylic acid groups (broad SMARTS) is 1. The molecule has 0 spiro atoms. The summed E-state index contributed by atoms with van der Waals surface area (Å²) in [5.41, 5.74) is 7.83. The number of rotatable bonds is 4. The summed E-state index contributed by atoms with van der Waals surface area (Å²) >= 11 is 0. The lowest BCUT2D eigenvalue weighted by Crippen LogP contribution is -2.43. The van der Waals surface area contributed by atoms with Gasteiger partial charge in [0.05, 0.1) is 16.8 Å². The Morgan fingerprint density at radius 1 is 0.826 bits per heavy atom. The Labute approximate surface area is 266 Å². The van der Waals surface area contributed by atoms with Gasteiger partial charge in [0.2, 0.25) is 0 Å². The molecule has 2 aliphatic heterocycles. The Kier molecular flexibility index (Phi) is 7.23. The average Bonchev–Trinajstić information content (AvgIpc) is 3.46. The van der Waals surface area contributed by atoms with Crippen molar-refractivity contribution in [1.29, 1.82) is 0 Å². The van der Waals surface area contributed by atoms with Gasteiger partial charge >= 0.3 is 6.09 Å². The third-order valence-electron chi connectivity index (χ3n) is 9.34. The molecule has 2 aromatic heterocycles. The summed E-state index contributed by atoms with van der Waals surface area (Å²) in [7, 11) is 1.69. The van der Waals surface area contributed by atoms with Crippen molar-refractivity contribution in [3.63, 3.8) is 0 Å². The molecule has 9 nitrogen and oxygen atoms in total. The molecule has 0 saturated heterocycles. The largest absolute Gasteiger partial charge is 0.508 e. The number of hydrogen-bond acceptors (Lipinski definition) is 4. The van der Waals surface area contributed by atoms with E-state index in [9.17, 15) is 24.6 Å². The number of phenols is 1. The zero-order chi connectivity index (χ0) is 32.1. The minimum Gasteiger partial charge on any atom is -0.508 e. The first-order chi connectivity index (χ1) is 22.2. The van der Waals surface area contributed by atoms with Gasteiger partial charge in [-0.3, -0.25) is 9.59 Å². The molecule has 46 heavy (non-hydrogen) atoms. The van der Waals surface area contributed by atoms with Crippen LogP contribution in [0.4, 0.5) is 10.5 Å². The van der Waals surface area contributed by atoms with E-state index in [0.29, 0.717) is 53.1 Å². The monoisotopic (exact) mass is 614 g/mol. The lowest BCUT2D eigenvalue weighted by Gasteiger charge is -2.36. The molecular weight excluding hydrogens is 580 g/mol. The number of aromatic hydroxyl groups is 1. The number of benzene rings is 3. The molecule has 5 aromatic rings. The molecule has 0 fully saturated rings.